The summed E-state index contributed by atoms with van der Waals surface area (Å²) in [6.45, 7) is 1.17. The lowest BCUT2D eigenvalue weighted by Crippen LogP contribution is -2.24. The average molecular weight is 218 g/mol. The molecule has 0 fully saturated rings. The molecule has 0 saturated heterocycles. The second kappa shape index (κ2) is 3.19. The highest BCUT2D eigenvalue weighted by Crippen LogP contribution is 2.10. The highest BCUT2D eigenvalue weighted by atomic mass is 16.2. The van der Waals surface area contributed by atoms with E-state index in [2.05, 4.69) is 10.3 Å². The Morgan fingerprint density at radius 1 is 1.38 bits per heavy atom. The fourth-order valence-electron chi connectivity index (χ4n) is 2.04. The van der Waals surface area contributed by atoms with Gasteiger partial charge in [-0.2, -0.15) is 0 Å². The summed E-state index contributed by atoms with van der Waals surface area (Å²) in [5, 5.41) is 2.77. The van der Waals surface area contributed by atoms with Gasteiger partial charge in [0, 0.05) is 25.5 Å². The number of hydrogen-bond acceptors (Lipinski definition) is 3. The van der Waals surface area contributed by atoms with Crippen molar-refractivity contribution < 1.29 is 4.79 Å². The van der Waals surface area contributed by atoms with E-state index in [0.29, 0.717) is 24.3 Å². The average Bonchev–Trinajstić information content (AvgIpc) is 2.46. The molecule has 0 aliphatic carbocycles. The van der Waals surface area contributed by atoms with E-state index >= 15 is 0 Å². The monoisotopic (exact) mass is 218 g/mol. The van der Waals surface area contributed by atoms with Crippen molar-refractivity contribution in [2.24, 2.45) is 0 Å². The van der Waals surface area contributed by atoms with Gasteiger partial charge >= 0.3 is 5.69 Å². The Morgan fingerprint density at radius 2 is 2.25 bits per heavy atom. The Morgan fingerprint density at radius 3 is 3.12 bits per heavy atom. The van der Waals surface area contributed by atoms with E-state index in [9.17, 15) is 9.59 Å². The van der Waals surface area contributed by atoms with Crippen LogP contribution in [0, 0.1) is 0 Å². The molecule has 0 aromatic carbocycles. The molecule has 82 valence electrons. The molecule has 1 N–H and O–H groups in total. The molecule has 0 bridgehead atoms. The molecule has 3 rings (SSSR count). The number of rotatable bonds is 0. The second-order valence-corrected chi connectivity index (χ2v) is 3.72. The predicted molar refractivity (Wildman–Crippen MR) is 56.4 cm³/mol. The third-order valence-corrected chi connectivity index (χ3v) is 2.77. The van der Waals surface area contributed by atoms with Gasteiger partial charge in [0.2, 0.25) is 0 Å². The maximum Gasteiger partial charge on any atom is 0.333 e. The van der Waals surface area contributed by atoms with Crippen LogP contribution in [0.15, 0.2) is 23.4 Å². The van der Waals surface area contributed by atoms with Crippen LogP contribution in [0.3, 0.4) is 0 Å². The van der Waals surface area contributed by atoms with E-state index in [1.807, 2.05) is 0 Å². The summed E-state index contributed by atoms with van der Waals surface area (Å²) in [5.74, 6) is -0.204. The van der Waals surface area contributed by atoms with Crippen LogP contribution in [0.2, 0.25) is 0 Å². The zero-order chi connectivity index (χ0) is 11.1. The minimum atomic E-state index is -0.204. The third kappa shape index (κ3) is 1.09. The van der Waals surface area contributed by atoms with Crippen molar-refractivity contribution >= 4 is 11.4 Å². The van der Waals surface area contributed by atoms with Crippen molar-refractivity contribution in [1.29, 1.82) is 0 Å². The third-order valence-electron chi connectivity index (χ3n) is 2.77. The molecule has 0 unspecified atom stereocenters. The molecule has 0 radical (unpaired) electrons. The number of fused-ring (bicyclic) bond motifs is 3. The summed E-state index contributed by atoms with van der Waals surface area (Å²) in [4.78, 5) is 27.8. The van der Waals surface area contributed by atoms with E-state index in [4.69, 9.17) is 0 Å². The molecule has 6 heteroatoms. The van der Waals surface area contributed by atoms with Crippen molar-refractivity contribution in [2.45, 2.75) is 13.0 Å². The highest BCUT2D eigenvalue weighted by Gasteiger charge is 2.22. The summed E-state index contributed by atoms with van der Waals surface area (Å²) in [5.41, 5.74) is 0.798. The van der Waals surface area contributed by atoms with Crippen molar-refractivity contribution in [3.05, 3.63) is 34.8 Å². The van der Waals surface area contributed by atoms with Crippen LogP contribution in [-0.2, 0) is 6.54 Å². The van der Waals surface area contributed by atoms with Gasteiger partial charge in [0.1, 0.15) is 5.69 Å². The molecule has 1 aliphatic heterocycles. The fourth-order valence-corrected chi connectivity index (χ4v) is 2.04. The van der Waals surface area contributed by atoms with Crippen molar-refractivity contribution in [3.8, 4) is 0 Å². The fraction of sp³-hybridized carbons (Fsp3) is 0.300. The van der Waals surface area contributed by atoms with E-state index in [1.54, 1.807) is 6.20 Å². The van der Waals surface area contributed by atoms with Crippen LogP contribution in [0.25, 0.3) is 5.52 Å². The predicted octanol–water partition coefficient (Wildman–Crippen LogP) is -0.371. The molecular formula is C10H10N4O2. The molecule has 0 spiro atoms. The van der Waals surface area contributed by atoms with Gasteiger partial charge in [-0.15, -0.1) is 0 Å². The van der Waals surface area contributed by atoms with E-state index in [1.165, 1.54) is 21.4 Å². The SMILES string of the molecule is O=C1NCCCn2c1c1cnccn1c2=O. The summed E-state index contributed by atoms with van der Waals surface area (Å²) in [6, 6.07) is 0. The largest absolute Gasteiger partial charge is 0.351 e. The highest BCUT2D eigenvalue weighted by molar-refractivity contribution is 5.99. The molecule has 1 amide bonds. The van der Waals surface area contributed by atoms with Crippen LogP contribution in [0.5, 0.6) is 0 Å². The minimum absolute atomic E-state index is 0.176. The lowest BCUT2D eigenvalue weighted by molar-refractivity contribution is 0.0952. The summed E-state index contributed by atoms with van der Waals surface area (Å²) >= 11 is 0. The summed E-state index contributed by atoms with van der Waals surface area (Å²) in [7, 11) is 0. The van der Waals surface area contributed by atoms with Gasteiger partial charge in [0.05, 0.1) is 11.7 Å². The van der Waals surface area contributed by atoms with Crippen LogP contribution in [0.4, 0.5) is 0 Å². The smallest absolute Gasteiger partial charge is 0.333 e. The quantitative estimate of drug-likeness (QED) is 0.656. The molecular weight excluding hydrogens is 208 g/mol. The zero-order valence-corrected chi connectivity index (χ0v) is 8.51. The number of imidazole rings is 1. The summed E-state index contributed by atoms with van der Waals surface area (Å²) in [6.07, 6.45) is 5.42. The zero-order valence-electron chi connectivity index (χ0n) is 8.51. The number of nitrogens with zero attached hydrogens (tertiary/aromatic N) is 3. The molecule has 16 heavy (non-hydrogen) atoms. The molecule has 6 nitrogen and oxygen atoms in total. The minimum Gasteiger partial charge on any atom is -0.351 e. The van der Waals surface area contributed by atoms with Gasteiger partial charge in [0.25, 0.3) is 5.91 Å². The van der Waals surface area contributed by atoms with E-state index < -0.39 is 0 Å². The first kappa shape index (κ1) is 9.14. The summed E-state index contributed by atoms with van der Waals surface area (Å²) < 4.78 is 2.96. The molecule has 2 aromatic rings. The lowest BCUT2D eigenvalue weighted by Gasteiger charge is -1.99. The molecule has 2 aromatic heterocycles. The van der Waals surface area contributed by atoms with Gasteiger partial charge < -0.3 is 5.32 Å². The number of aromatic nitrogens is 3. The number of nitrogens with one attached hydrogen (secondary N) is 1. The van der Waals surface area contributed by atoms with Crippen LogP contribution < -0.4 is 11.0 Å². The second-order valence-electron chi connectivity index (χ2n) is 3.72. The van der Waals surface area contributed by atoms with Crippen molar-refractivity contribution in [2.75, 3.05) is 6.54 Å². The first-order valence-electron chi connectivity index (χ1n) is 5.12. The van der Waals surface area contributed by atoms with E-state index in [-0.39, 0.29) is 11.6 Å². The van der Waals surface area contributed by atoms with E-state index in [0.717, 1.165) is 6.42 Å². The molecule has 1 aliphatic rings. The number of hydrogen-bond donors (Lipinski definition) is 1. The molecule has 0 atom stereocenters. The van der Waals surface area contributed by atoms with Crippen LogP contribution in [-0.4, -0.2) is 26.4 Å². The lowest BCUT2D eigenvalue weighted by atomic mass is 10.3. The maximum absolute atomic E-state index is 12.0. The topological polar surface area (TPSA) is 68.4 Å². The number of carbonyl (C=O) groups excluding carboxylic acids is 1. The van der Waals surface area contributed by atoms with Gasteiger partial charge in [-0.25, -0.2) is 4.79 Å². The van der Waals surface area contributed by atoms with Crippen LogP contribution in [0.1, 0.15) is 16.9 Å². The van der Waals surface area contributed by atoms with Gasteiger partial charge in [-0.3, -0.25) is 18.7 Å². The Labute approximate surface area is 90.5 Å². The van der Waals surface area contributed by atoms with Gasteiger partial charge in [-0.05, 0) is 6.42 Å². The Balaban J connectivity index is 2.44. The van der Waals surface area contributed by atoms with Crippen LogP contribution >= 0.6 is 0 Å². The Bertz CT molecular complexity index is 625. The normalized spacial score (nSPS) is 15.6. The van der Waals surface area contributed by atoms with Gasteiger partial charge in [-0.1, -0.05) is 0 Å². The number of carbonyl (C=O) groups is 1. The van der Waals surface area contributed by atoms with Crippen molar-refractivity contribution in [3.63, 3.8) is 0 Å². The molecule has 0 saturated carbocycles. The Kier molecular flexibility index (Phi) is 1.82. The number of amides is 1. The molecule has 3 heterocycles. The maximum atomic E-state index is 12.0. The van der Waals surface area contributed by atoms with Crippen molar-refractivity contribution in [1.82, 2.24) is 19.3 Å². The Hall–Kier alpha value is -2.11. The first-order valence-corrected chi connectivity index (χ1v) is 5.12. The standard InChI is InChI=1S/C10H10N4O2/c15-9-8-7-6-11-3-5-13(7)10(16)14(8)4-1-2-12-9/h3,5-6H,1-2,4H2,(H,12,15). The van der Waals surface area contributed by atoms with Gasteiger partial charge in [0.15, 0.2) is 0 Å². The first-order chi connectivity index (χ1) is 7.79.